The standard InChI is InChI=1S/C13H15ClN2O2/c1-8(2)16-11(6-7-12(17)18)15-10-5-3-4-9(14)13(10)16/h3-5,8H,6-7H2,1-2H3,(H,17,18). The van der Waals surface area contributed by atoms with Crippen molar-refractivity contribution in [3.63, 3.8) is 0 Å². The minimum Gasteiger partial charge on any atom is -0.481 e. The first-order chi connectivity index (χ1) is 8.50. The first kappa shape index (κ1) is 12.9. The number of hydrogen-bond donors (Lipinski definition) is 1. The molecule has 1 aromatic carbocycles. The number of aromatic nitrogens is 2. The molecule has 0 bridgehead atoms. The number of para-hydroxylation sites is 1. The summed E-state index contributed by atoms with van der Waals surface area (Å²) in [5.41, 5.74) is 1.70. The smallest absolute Gasteiger partial charge is 0.303 e. The molecule has 1 N–H and O–H groups in total. The van der Waals surface area contributed by atoms with Crippen LogP contribution in [0.4, 0.5) is 0 Å². The Morgan fingerprint density at radius 1 is 1.50 bits per heavy atom. The summed E-state index contributed by atoms with van der Waals surface area (Å²) in [4.78, 5) is 15.2. The summed E-state index contributed by atoms with van der Waals surface area (Å²) in [6.07, 6.45) is 0.492. The van der Waals surface area contributed by atoms with E-state index in [0.717, 1.165) is 16.9 Å². The predicted octanol–water partition coefficient (Wildman–Crippen LogP) is 3.29. The predicted molar refractivity (Wildman–Crippen MR) is 71.1 cm³/mol. The molecule has 1 heterocycles. The highest BCUT2D eigenvalue weighted by molar-refractivity contribution is 6.35. The van der Waals surface area contributed by atoms with Crippen molar-refractivity contribution in [1.82, 2.24) is 9.55 Å². The van der Waals surface area contributed by atoms with Crippen molar-refractivity contribution >= 4 is 28.6 Å². The number of rotatable bonds is 4. The van der Waals surface area contributed by atoms with E-state index in [2.05, 4.69) is 4.98 Å². The van der Waals surface area contributed by atoms with Crippen LogP contribution in [0.5, 0.6) is 0 Å². The van der Waals surface area contributed by atoms with Crippen molar-refractivity contribution in [2.24, 2.45) is 0 Å². The van der Waals surface area contributed by atoms with Gasteiger partial charge in [0.1, 0.15) is 5.82 Å². The van der Waals surface area contributed by atoms with Crippen LogP contribution in [0.1, 0.15) is 32.1 Å². The fourth-order valence-electron chi connectivity index (χ4n) is 2.11. The molecular formula is C13H15ClN2O2. The molecule has 0 spiro atoms. The third kappa shape index (κ3) is 2.34. The van der Waals surface area contributed by atoms with Crippen molar-refractivity contribution in [2.45, 2.75) is 32.7 Å². The fraction of sp³-hybridized carbons (Fsp3) is 0.385. The lowest BCUT2D eigenvalue weighted by Crippen LogP contribution is -2.08. The molecule has 2 rings (SSSR count). The number of hydrogen-bond acceptors (Lipinski definition) is 2. The second kappa shape index (κ2) is 4.98. The highest BCUT2D eigenvalue weighted by Gasteiger charge is 2.16. The van der Waals surface area contributed by atoms with Crippen LogP contribution < -0.4 is 0 Å². The number of aliphatic carboxylic acids is 1. The molecule has 0 aliphatic rings. The number of carboxylic acids is 1. The zero-order valence-corrected chi connectivity index (χ0v) is 11.1. The highest BCUT2D eigenvalue weighted by Crippen LogP contribution is 2.28. The normalized spacial score (nSPS) is 11.3. The van der Waals surface area contributed by atoms with Crippen LogP contribution in [0, 0.1) is 0 Å². The van der Waals surface area contributed by atoms with Gasteiger partial charge in [-0.1, -0.05) is 17.7 Å². The number of imidazole rings is 1. The Labute approximate surface area is 110 Å². The summed E-state index contributed by atoms with van der Waals surface area (Å²) < 4.78 is 2.01. The van der Waals surface area contributed by atoms with E-state index in [1.807, 2.05) is 36.6 Å². The third-order valence-electron chi connectivity index (χ3n) is 2.81. The van der Waals surface area contributed by atoms with E-state index in [4.69, 9.17) is 16.7 Å². The lowest BCUT2D eigenvalue weighted by atomic mass is 10.2. The van der Waals surface area contributed by atoms with Gasteiger partial charge in [-0.25, -0.2) is 4.98 Å². The van der Waals surface area contributed by atoms with Gasteiger partial charge >= 0.3 is 5.97 Å². The van der Waals surface area contributed by atoms with Crippen LogP contribution in [0.25, 0.3) is 11.0 Å². The van der Waals surface area contributed by atoms with Crippen LogP contribution in [0.3, 0.4) is 0 Å². The molecule has 0 fully saturated rings. The van der Waals surface area contributed by atoms with Crippen molar-refractivity contribution in [1.29, 1.82) is 0 Å². The van der Waals surface area contributed by atoms with Gasteiger partial charge in [0.25, 0.3) is 0 Å². The number of nitrogens with zero attached hydrogens (tertiary/aromatic N) is 2. The topological polar surface area (TPSA) is 55.1 Å². The second-order valence-electron chi connectivity index (χ2n) is 4.49. The molecule has 0 amide bonds. The number of carboxylic acid groups (broad SMARTS) is 1. The number of halogens is 1. The molecule has 1 aromatic heterocycles. The first-order valence-corrected chi connectivity index (χ1v) is 6.25. The van der Waals surface area contributed by atoms with Gasteiger partial charge in [-0.05, 0) is 26.0 Å². The maximum Gasteiger partial charge on any atom is 0.303 e. The van der Waals surface area contributed by atoms with E-state index in [1.165, 1.54) is 0 Å². The van der Waals surface area contributed by atoms with Gasteiger partial charge in [0.2, 0.25) is 0 Å². The lowest BCUT2D eigenvalue weighted by molar-refractivity contribution is -0.137. The van der Waals surface area contributed by atoms with Crippen molar-refractivity contribution in [2.75, 3.05) is 0 Å². The second-order valence-corrected chi connectivity index (χ2v) is 4.90. The van der Waals surface area contributed by atoms with Crippen LogP contribution in [-0.2, 0) is 11.2 Å². The molecule has 4 nitrogen and oxygen atoms in total. The van der Waals surface area contributed by atoms with Gasteiger partial charge in [0.05, 0.1) is 22.5 Å². The molecule has 0 radical (unpaired) electrons. The Kier molecular flexibility index (Phi) is 3.57. The van der Waals surface area contributed by atoms with Gasteiger partial charge < -0.3 is 9.67 Å². The Hall–Kier alpha value is -1.55. The highest BCUT2D eigenvalue weighted by atomic mass is 35.5. The van der Waals surface area contributed by atoms with Crippen LogP contribution in [-0.4, -0.2) is 20.6 Å². The first-order valence-electron chi connectivity index (χ1n) is 5.88. The van der Waals surface area contributed by atoms with E-state index >= 15 is 0 Å². The molecule has 0 aliphatic carbocycles. The molecule has 0 unspecified atom stereocenters. The maximum absolute atomic E-state index is 10.7. The van der Waals surface area contributed by atoms with E-state index in [0.29, 0.717) is 11.4 Å². The fourth-order valence-corrected chi connectivity index (χ4v) is 2.37. The van der Waals surface area contributed by atoms with E-state index < -0.39 is 5.97 Å². The van der Waals surface area contributed by atoms with Gasteiger partial charge in [-0.3, -0.25) is 4.79 Å². The van der Waals surface area contributed by atoms with Crippen LogP contribution in [0.15, 0.2) is 18.2 Å². The largest absolute Gasteiger partial charge is 0.481 e. The minimum atomic E-state index is -0.816. The summed E-state index contributed by atoms with van der Waals surface area (Å²) in [5.74, 6) is -0.0426. The number of fused-ring (bicyclic) bond motifs is 1. The van der Waals surface area contributed by atoms with Gasteiger partial charge in [-0.2, -0.15) is 0 Å². The monoisotopic (exact) mass is 266 g/mol. The van der Waals surface area contributed by atoms with Crippen molar-refractivity contribution < 1.29 is 9.90 Å². The number of benzene rings is 1. The number of aryl methyl sites for hydroxylation is 1. The molecule has 0 aliphatic heterocycles. The van der Waals surface area contributed by atoms with Crippen molar-refractivity contribution in [3.05, 3.63) is 29.0 Å². The van der Waals surface area contributed by atoms with Gasteiger partial charge in [0, 0.05) is 12.5 Å². The van der Waals surface area contributed by atoms with Gasteiger partial charge in [0.15, 0.2) is 0 Å². The summed E-state index contributed by atoms with van der Waals surface area (Å²) in [6.45, 7) is 4.07. The lowest BCUT2D eigenvalue weighted by Gasteiger charge is -2.13. The quantitative estimate of drug-likeness (QED) is 0.924. The Balaban J connectivity index is 2.55. The number of carbonyl (C=O) groups is 1. The average Bonchev–Trinajstić information content (AvgIpc) is 2.66. The molecular weight excluding hydrogens is 252 g/mol. The Morgan fingerprint density at radius 2 is 2.22 bits per heavy atom. The van der Waals surface area contributed by atoms with Gasteiger partial charge in [-0.15, -0.1) is 0 Å². The minimum absolute atomic E-state index is 0.0770. The molecule has 0 atom stereocenters. The molecule has 96 valence electrons. The molecule has 0 saturated heterocycles. The van der Waals surface area contributed by atoms with E-state index in [1.54, 1.807) is 0 Å². The zero-order chi connectivity index (χ0) is 13.3. The average molecular weight is 267 g/mol. The molecule has 5 heteroatoms. The summed E-state index contributed by atoms with van der Waals surface area (Å²) >= 11 is 6.21. The summed E-state index contributed by atoms with van der Waals surface area (Å²) in [6, 6.07) is 5.76. The Morgan fingerprint density at radius 3 is 2.83 bits per heavy atom. The summed E-state index contributed by atoms with van der Waals surface area (Å²) in [7, 11) is 0. The van der Waals surface area contributed by atoms with Crippen LogP contribution >= 0.6 is 11.6 Å². The van der Waals surface area contributed by atoms with Crippen molar-refractivity contribution in [3.8, 4) is 0 Å². The third-order valence-corrected chi connectivity index (χ3v) is 3.12. The zero-order valence-electron chi connectivity index (χ0n) is 10.4. The molecule has 2 aromatic rings. The molecule has 0 saturated carbocycles. The summed E-state index contributed by atoms with van der Waals surface area (Å²) in [5, 5.41) is 9.42. The van der Waals surface area contributed by atoms with Crippen LogP contribution in [0.2, 0.25) is 5.02 Å². The van der Waals surface area contributed by atoms with E-state index in [9.17, 15) is 4.79 Å². The van der Waals surface area contributed by atoms with E-state index in [-0.39, 0.29) is 12.5 Å². The Bertz CT molecular complexity index is 590. The maximum atomic E-state index is 10.7. The SMILES string of the molecule is CC(C)n1c(CCC(=O)O)nc2cccc(Cl)c21. The molecule has 18 heavy (non-hydrogen) atoms.